The summed E-state index contributed by atoms with van der Waals surface area (Å²) >= 11 is 5.88. The van der Waals surface area contributed by atoms with Crippen molar-refractivity contribution in [1.82, 2.24) is 15.5 Å². The maximum atomic E-state index is 5.88. The number of H-pyrrole nitrogens is 1. The van der Waals surface area contributed by atoms with Gasteiger partial charge in [0.05, 0.1) is 6.20 Å². The van der Waals surface area contributed by atoms with E-state index in [1.54, 1.807) is 0 Å². The van der Waals surface area contributed by atoms with E-state index in [4.69, 9.17) is 11.6 Å². The van der Waals surface area contributed by atoms with Crippen LogP contribution in [0.25, 0.3) is 0 Å². The van der Waals surface area contributed by atoms with Gasteiger partial charge in [0, 0.05) is 29.9 Å². The van der Waals surface area contributed by atoms with Crippen molar-refractivity contribution in [3.8, 4) is 0 Å². The number of benzene rings is 1. The molecule has 0 fully saturated rings. The van der Waals surface area contributed by atoms with Crippen LogP contribution < -0.4 is 5.32 Å². The molecule has 0 spiro atoms. The van der Waals surface area contributed by atoms with E-state index in [0.29, 0.717) is 0 Å². The van der Waals surface area contributed by atoms with Gasteiger partial charge in [-0.05, 0) is 17.7 Å². The third kappa shape index (κ3) is 3.08. The summed E-state index contributed by atoms with van der Waals surface area (Å²) in [7, 11) is 0. The van der Waals surface area contributed by atoms with E-state index in [-0.39, 0.29) is 0 Å². The Morgan fingerprint density at radius 2 is 2.13 bits per heavy atom. The first-order chi connectivity index (χ1) is 7.34. The number of hydrogen-bond acceptors (Lipinski definition) is 2. The molecule has 0 aliphatic rings. The lowest BCUT2D eigenvalue weighted by Gasteiger charge is -2.03. The Bertz CT molecular complexity index is 412. The van der Waals surface area contributed by atoms with E-state index >= 15 is 0 Å². The van der Waals surface area contributed by atoms with Gasteiger partial charge in [-0.1, -0.05) is 23.7 Å². The Kier molecular flexibility index (Phi) is 3.37. The summed E-state index contributed by atoms with van der Waals surface area (Å²) in [5.41, 5.74) is 2.34. The van der Waals surface area contributed by atoms with E-state index < -0.39 is 0 Å². The Balaban J connectivity index is 1.83. The van der Waals surface area contributed by atoms with Gasteiger partial charge >= 0.3 is 0 Å². The fraction of sp³-hybridized carbons (Fsp3) is 0.182. The zero-order valence-electron chi connectivity index (χ0n) is 8.20. The molecule has 15 heavy (non-hydrogen) atoms. The fourth-order valence-electron chi connectivity index (χ4n) is 1.37. The average molecular weight is 222 g/mol. The number of aromatic amines is 1. The summed E-state index contributed by atoms with van der Waals surface area (Å²) in [6.07, 6.45) is 3.69. The van der Waals surface area contributed by atoms with Crippen LogP contribution in [0.3, 0.4) is 0 Å². The second kappa shape index (κ2) is 4.96. The van der Waals surface area contributed by atoms with Crippen molar-refractivity contribution in [2.45, 2.75) is 13.1 Å². The van der Waals surface area contributed by atoms with Crippen molar-refractivity contribution in [2.24, 2.45) is 0 Å². The third-order valence-electron chi connectivity index (χ3n) is 2.10. The standard InChI is InChI=1S/C11H12ClN3/c12-11-3-1-2-9(4-11)5-13-6-10-7-14-15-8-10/h1-4,7-8,13H,5-6H2,(H,14,15). The van der Waals surface area contributed by atoms with Crippen molar-refractivity contribution < 1.29 is 0 Å². The number of nitrogens with one attached hydrogen (secondary N) is 2. The molecular formula is C11H12ClN3. The Labute approximate surface area is 93.5 Å². The molecule has 0 amide bonds. The van der Waals surface area contributed by atoms with Crippen LogP contribution in [0.15, 0.2) is 36.7 Å². The highest BCUT2D eigenvalue weighted by Gasteiger charge is 1.95. The normalized spacial score (nSPS) is 10.5. The van der Waals surface area contributed by atoms with Crippen molar-refractivity contribution in [1.29, 1.82) is 0 Å². The van der Waals surface area contributed by atoms with E-state index in [9.17, 15) is 0 Å². The molecule has 0 bridgehead atoms. The van der Waals surface area contributed by atoms with E-state index in [2.05, 4.69) is 15.5 Å². The largest absolute Gasteiger partial charge is 0.309 e. The maximum Gasteiger partial charge on any atom is 0.0532 e. The molecule has 0 atom stereocenters. The molecule has 2 aromatic rings. The first-order valence-corrected chi connectivity index (χ1v) is 5.15. The van der Waals surface area contributed by atoms with Crippen LogP contribution in [-0.2, 0) is 13.1 Å². The molecule has 0 aliphatic heterocycles. The van der Waals surface area contributed by atoms with Crippen LogP contribution in [0.2, 0.25) is 5.02 Å². The molecule has 2 rings (SSSR count). The quantitative estimate of drug-likeness (QED) is 0.832. The molecule has 3 nitrogen and oxygen atoms in total. The molecular weight excluding hydrogens is 210 g/mol. The summed E-state index contributed by atoms with van der Waals surface area (Å²) in [6.45, 7) is 1.62. The molecule has 2 N–H and O–H groups in total. The van der Waals surface area contributed by atoms with E-state index in [0.717, 1.165) is 23.7 Å². The molecule has 1 aromatic heterocycles. The third-order valence-corrected chi connectivity index (χ3v) is 2.34. The van der Waals surface area contributed by atoms with E-state index in [1.807, 2.05) is 36.7 Å². The van der Waals surface area contributed by atoms with E-state index in [1.165, 1.54) is 5.56 Å². The minimum absolute atomic E-state index is 0.776. The molecule has 0 radical (unpaired) electrons. The molecule has 0 saturated carbocycles. The minimum atomic E-state index is 0.776. The van der Waals surface area contributed by atoms with Crippen molar-refractivity contribution in [2.75, 3.05) is 0 Å². The second-order valence-electron chi connectivity index (χ2n) is 3.34. The number of nitrogens with zero attached hydrogens (tertiary/aromatic N) is 1. The fourth-order valence-corrected chi connectivity index (χ4v) is 1.59. The van der Waals surface area contributed by atoms with Gasteiger partial charge in [0.25, 0.3) is 0 Å². The second-order valence-corrected chi connectivity index (χ2v) is 3.78. The van der Waals surface area contributed by atoms with Crippen LogP contribution in [0, 0.1) is 0 Å². The van der Waals surface area contributed by atoms with Gasteiger partial charge in [-0.25, -0.2) is 0 Å². The van der Waals surface area contributed by atoms with Gasteiger partial charge in [-0.15, -0.1) is 0 Å². The van der Waals surface area contributed by atoms with Crippen LogP contribution >= 0.6 is 11.6 Å². The number of hydrogen-bond donors (Lipinski definition) is 2. The molecule has 0 saturated heterocycles. The van der Waals surface area contributed by atoms with Crippen molar-refractivity contribution in [3.05, 3.63) is 52.8 Å². The summed E-state index contributed by atoms with van der Waals surface area (Å²) in [5, 5.41) is 10.7. The number of rotatable bonds is 4. The Morgan fingerprint density at radius 3 is 2.87 bits per heavy atom. The maximum absolute atomic E-state index is 5.88. The monoisotopic (exact) mass is 221 g/mol. The smallest absolute Gasteiger partial charge is 0.0532 e. The molecule has 1 aromatic carbocycles. The molecule has 4 heteroatoms. The topological polar surface area (TPSA) is 40.7 Å². The van der Waals surface area contributed by atoms with Gasteiger partial charge < -0.3 is 5.32 Å². The molecule has 78 valence electrons. The Hall–Kier alpha value is -1.32. The number of halogens is 1. The minimum Gasteiger partial charge on any atom is -0.309 e. The summed E-state index contributed by atoms with van der Waals surface area (Å²) in [4.78, 5) is 0. The lowest BCUT2D eigenvalue weighted by Crippen LogP contribution is -2.11. The van der Waals surface area contributed by atoms with Crippen LogP contribution in [-0.4, -0.2) is 10.2 Å². The predicted octanol–water partition coefficient (Wildman–Crippen LogP) is 2.35. The SMILES string of the molecule is Clc1cccc(CNCc2cn[nH]c2)c1. The highest BCUT2D eigenvalue weighted by atomic mass is 35.5. The predicted molar refractivity (Wildman–Crippen MR) is 60.6 cm³/mol. The van der Waals surface area contributed by atoms with Gasteiger partial charge in [-0.2, -0.15) is 5.10 Å². The summed E-state index contributed by atoms with van der Waals surface area (Å²) in [5.74, 6) is 0. The number of aromatic nitrogens is 2. The first kappa shape index (κ1) is 10.2. The zero-order chi connectivity index (χ0) is 10.5. The van der Waals surface area contributed by atoms with Gasteiger partial charge in [0.1, 0.15) is 0 Å². The molecule has 0 unspecified atom stereocenters. The van der Waals surface area contributed by atoms with Gasteiger partial charge in [0.15, 0.2) is 0 Å². The zero-order valence-corrected chi connectivity index (χ0v) is 8.96. The van der Waals surface area contributed by atoms with Gasteiger partial charge in [0.2, 0.25) is 0 Å². The van der Waals surface area contributed by atoms with Crippen LogP contribution in [0.5, 0.6) is 0 Å². The Morgan fingerprint density at radius 1 is 1.27 bits per heavy atom. The van der Waals surface area contributed by atoms with Crippen LogP contribution in [0.1, 0.15) is 11.1 Å². The lowest BCUT2D eigenvalue weighted by molar-refractivity contribution is 0.694. The highest BCUT2D eigenvalue weighted by molar-refractivity contribution is 6.30. The lowest BCUT2D eigenvalue weighted by atomic mass is 10.2. The van der Waals surface area contributed by atoms with Crippen LogP contribution in [0.4, 0.5) is 0 Å². The molecule has 1 heterocycles. The first-order valence-electron chi connectivity index (χ1n) is 4.77. The molecule has 0 aliphatic carbocycles. The average Bonchev–Trinajstić information content (AvgIpc) is 2.71. The van der Waals surface area contributed by atoms with Crippen molar-refractivity contribution in [3.63, 3.8) is 0 Å². The summed E-state index contributed by atoms with van der Waals surface area (Å²) < 4.78 is 0. The summed E-state index contributed by atoms with van der Waals surface area (Å²) in [6, 6.07) is 7.84. The highest BCUT2D eigenvalue weighted by Crippen LogP contribution is 2.10. The van der Waals surface area contributed by atoms with Gasteiger partial charge in [-0.3, -0.25) is 5.10 Å². The van der Waals surface area contributed by atoms with Crippen molar-refractivity contribution >= 4 is 11.6 Å².